The van der Waals surface area contributed by atoms with Gasteiger partial charge < -0.3 is 25.0 Å². The molecule has 3 heterocycles. The molecule has 26 heavy (non-hydrogen) atoms. The molecule has 0 bridgehead atoms. The number of nitrogens with zero attached hydrogens (tertiary/aromatic N) is 4. The van der Waals surface area contributed by atoms with E-state index in [1.807, 2.05) is 20.8 Å². The summed E-state index contributed by atoms with van der Waals surface area (Å²) in [5.74, 6) is 0.439. The average molecular weight is 363 g/mol. The molecule has 2 aliphatic rings. The Kier molecular flexibility index (Phi) is 5.22. The zero-order valence-corrected chi connectivity index (χ0v) is 16.1. The molecule has 8 nitrogen and oxygen atoms in total. The number of nitrogen functional groups attached to an aromatic ring is 1. The van der Waals surface area contributed by atoms with Gasteiger partial charge in [-0.3, -0.25) is 0 Å². The SMILES string of the molecule is CN1CCC[C@@H]1COc1nc(N)c2c(n1)CN(C(=O)OC(C)(C)C)CC2. The van der Waals surface area contributed by atoms with Gasteiger partial charge in [-0.1, -0.05) is 0 Å². The molecule has 1 aromatic rings. The van der Waals surface area contributed by atoms with Crippen LogP contribution in [0.2, 0.25) is 0 Å². The van der Waals surface area contributed by atoms with Gasteiger partial charge in [-0.2, -0.15) is 9.97 Å². The van der Waals surface area contributed by atoms with Crippen molar-refractivity contribution in [2.24, 2.45) is 0 Å². The van der Waals surface area contributed by atoms with Gasteiger partial charge in [-0.15, -0.1) is 0 Å². The first-order chi connectivity index (χ1) is 12.2. The van der Waals surface area contributed by atoms with Crippen molar-refractivity contribution < 1.29 is 14.3 Å². The number of fused-ring (bicyclic) bond motifs is 1. The lowest BCUT2D eigenvalue weighted by molar-refractivity contribution is 0.0220. The summed E-state index contributed by atoms with van der Waals surface area (Å²) in [6, 6.07) is 0.668. The molecule has 0 spiro atoms. The Hall–Kier alpha value is -2.09. The first-order valence-corrected chi connectivity index (χ1v) is 9.19. The van der Waals surface area contributed by atoms with E-state index >= 15 is 0 Å². The molecule has 3 rings (SSSR count). The summed E-state index contributed by atoms with van der Waals surface area (Å²) in [6.45, 7) is 8.11. The Morgan fingerprint density at radius 1 is 1.31 bits per heavy atom. The summed E-state index contributed by atoms with van der Waals surface area (Å²) in [5.41, 5.74) is 7.21. The largest absolute Gasteiger partial charge is 0.462 e. The van der Waals surface area contributed by atoms with Crippen LogP contribution in [-0.4, -0.2) is 64.2 Å². The molecule has 2 N–H and O–H groups in total. The third-order valence-electron chi connectivity index (χ3n) is 4.80. The topological polar surface area (TPSA) is 93.8 Å². The highest BCUT2D eigenvalue weighted by atomic mass is 16.6. The van der Waals surface area contributed by atoms with Crippen molar-refractivity contribution >= 4 is 11.9 Å². The smallest absolute Gasteiger partial charge is 0.410 e. The molecular formula is C18H29N5O3. The summed E-state index contributed by atoms with van der Waals surface area (Å²) < 4.78 is 11.3. The van der Waals surface area contributed by atoms with Crippen LogP contribution in [0.1, 0.15) is 44.9 Å². The number of amides is 1. The monoisotopic (exact) mass is 363 g/mol. The van der Waals surface area contributed by atoms with Crippen LogP contribution in [0.4, 0.5) is 10.6 Å². The summed E-state index contributed by atoms with van der Waals surface area (Å²) in [7, 11) is 2.10. The number of likely N-dealkylation sites (N-methyl/N-ethyl adjacent to an activating group) is 1. The first-order valence-electron chi connectivity index (χ1n) is 9.19. The van der Waals surface area contributed by atoms with Gasteiger partial charge in [-0.25, -0.2) is 4.79 Å². The summed E-state index contributed by atoms with van der Waals surface area (Å²) in [4.78, 5) is 25.1. The number of rotatable bonds is 3. The van der Waals surface area contributed by atoms with Gasteiger partial charge >= 0.3 is 12.1 Å². The van der Waals surface area contributed by atoms with Crippen LogP contribution in [0.3, 0.4) is 0 Å². The normalized spacial score (nSPS) is 20.8. The number of likely N-dealkylation sites (tertiary alicyclic amines) is 1. The number of carbonyl (C=O) groups is 1. The second-order valence-electron chi connectivity index (χ2n) is 8.06. The van der Waals surface area contributed by atoms with Crippen molar-refractivity contribution in [1.29, 1.82) is 0 Å². The van der Waals surface area contributed by atoms with Crippen LogP contribution >= 0.6 is 0 Å². The quantitative estimate of drug-likeness (QED) is 0.875. The van der Waals surface area contributed by atoms with Crippen molar-refractivity contribution in [1.82, 2.24) is 19.8 Å². The lowest BCUT2D eigenvalue weighted by Crippen LogP contribution is -2.40. The summed E-state index contributed by atoms with van der Waals surface area (Å²) in [6.07, 6.45) is 2.58. The van der Waals surface area contributed by atoms with Crippen LogP contribution in [0.15, 0.2) is 0 Å². The van der Waals surface area contributed by atoms with Crippen molar-refractivity contribution in [3.63, 3.8) is 0 Å². The van der Waals surface area contributed by atoms with Crippen LogP contribution in [-0.2, 0) is 17.7 Å². The highest BCUT2D eigenvalue weighted by molar-refractivity contribution is 5.68. The summed E-state index contributed by atoms with van der Waals surface area (Å²) in [5, 5.41) is 0. The van der Waals surface area contributed by atoms with Crippen molar-refractivity contribution in [3.8, 4) is 6.01 Å². The molecular weight excluding hydrogens is 334 g/mol. The molecule has 1 aromatic heterocycles. The first kappa shape index (κ1) is 18.7. The number of nitrogens with two attached hydrogens (primary N) is 1. The van der Waals surface area contributed by atoms with Crippen LogP contribution < -0.4 is 10.5 Å². The maximum atomic E-state index is 12.3. The van der Waals surface area contributed by atoms with Gasteiger partial charge in [0.15, 0.2) is 0 Å². The minimum Gasteiger partial charge on any atom is -0.462 e. The predicted octanol–water partition coefficient (Wildman–Crippen LogP) is 1.82. The molecule has 1 saturated heterocycles. The van der Waals surface area contributed by atoms with Crippen LogP contribution in [0.25, 0.3) is 0 Å². The van der Waals surface area contributed by atoms with E-state index in [0.29, 0.717) is 38.0 Å². The lowest BCUT2D eigenvalue weighted by atomic mass is 10.1. The fourth-order valence-corrected chi connectivity index (χ4v) is 3.34. The van der Waals surface area contributed by atoms with E-state index in [1.54, 1.807) is 4.90 Å². The third-order valence-corrected chi connectivity index (χ3v) is 4.80. The van der Waals surface area contributed by atoms with E-state index in [2.05, 4.69) is 21.9 Å². The molecule has 1 atom stereocenters. The van der Waals surface area contributed by atoms with E-state index in [0.717, 1.165) is 24.2 Å². The van der Waals surface area contributed by atoms with E-state index in [-0.39, 0.29) is 12.1 Å². The molecule has 1 fully saturated rings. The number of hydrogen-bond donors (Lipinski definition) is 1. The minimum atomic E-state index is -0.524. The number of carbonyl (C=O) groups excluding carboxylic acids is 1. The second kappa shape index (κ2) is 7.26. The molecule has 0 aliphatic carbocycles. The molecule has 0 unspecified atom stereocenters. The Bertz CT molecular complexity index is 674. The van der Waals surface area contributed by atoms with Gasteiger partial charge in [0.1, 0.15) is 18.0 Å². The zero-order chi connectivity index (χ0) is 18.9. The Balaban J connectivity index is 1.68. The average Bonchev–Trinajstić information content (AvgIpc) is 2.96. The Morgan fingerprint density at radius 2 is 2.08 bits per heavy atom. The van der Waals surface area contributed by atoms with E-state index in [4.69, 9.17) is 15.2 Å². The number of hydrogen-bond acceptors (Lipinski definition) is 7. The third kappa shape index (κ3) is 4.35. The summed E-state index contributed by atoms with van der Waals surface area (Å²) >= 11 is 0. The zero-order valence-electron chi connectivity index (χ0n) is 16.1. The lowest BCUT2D eigenvalue weighted by Gasteiger charge is -2.31. The Morgan fingerprint density at radius 3 is 2.73 bits per heavy atom. The van der Waals surface area contributed by atoms with E-state index < -0.39 is 5.60 Å². The number of aromatic nitrogens is 2. The fraction of sp³-hybridized carbons (Fsp3) is 0.722. The fourth-order valence-electron chi connectivity index (χ4n) is 3.34. The van der Waals surface area contributed by atoms with E-state index in [1.165, 1.54) is 6.42 Å². The maximum absolute atomic E-state index is 12.3. The van der Waals surface area contributed by atoms with Gasteiger partial charge in [0.25, 0.3) is 0 Å². The highest BCUT2D eigenvalue weighted by Gasteiger charge is 2.29. The number of anilines is 1. The van der Waals surface area contributed by atoms with Crippen LogP contribution in [0, 0.1) is 0 Å². The van der Waals surface area contributed by atoms with Crippen LogP contribution in [0.5, 0.6) is 6.01 Å². The van der Waals surface area contributed by atoms with Crippen molar-refractivity contribution in [3.05, 3.63) is 11.3 Å². The second-order valence-corrected chi connectivity index (χ2v) is 8.06. The highest BCUT2D eigenvalue weighted by Crippen LogP contribution is 2.25. The minimum absolute atomic E-state index is 0.285. The van der Waals surface area contributed by atoms with Crippen molar-refractivity contribution in [2.75, 3.05) is 32.5 Å². The molecule has 0 aromatic carbocycles. The molecule has 0 saturated carbocycles. The molecule has 2 aliphatic heterocycles. The van der Waals surface area contributed by atoms with Gasteiger partial charge in [0.2, 0.25) is 0 Å². The molecule has 8 heteroatoms. The van der Waals surface area contributed by atoms with Gasteiger partial charge in [-0.05, 0) is 53.6 Å². The molecule has 144 valence electrons. The maximum Gasteiger partial charge on any atom is 0.410 e. The van der Waals surface area contributed by atoms with Crippen molar-refractivity contribution in [2.45, 2.75) is 58.2 Å². The van der Waals surface area contributed by atoms with E-state index in [9.17, 15) is 4.79 Å². The Labute approximate surface area is 154 Å². The van der Waals surface area contributed by atoms with Gasteiger partial charge in [0.05, 0.1) is 12.2 Å². The predicted molar refractivity (Wildman–Crippen MR) is 97.9 cm³/mol. The number of ether oxygens (including phenoxy) is 2. The molecule has 1 amide bonds. The molecule has 0 radical (unpaired) electrons. The standard InChI is InChI=1S/C18H29N5O3/c1-18(2,3)26-17(24)23-9-7-13-14(10-23)20-16(21-15(13)19)25-11-12-6-5-8-22(12)4/h12H,5-11H2,1-4H3,(H2,19,20,21)/t12-/m1/s1. The van der Waals surface area contributed by atoms with Gasteiger partial charge in [0, 0.05) is 18.2 Å².